The number of aliphatic hydroxyl groups excluding tert-OH is 7. The van der Waals surface area contributed by atoms with Crippen molar-refractivity contribution in [3.05, 3.63) is 23.8 Å². The van der Waals surface area contributed by atoms with E-state index in [2.05, 4.69) is 0 Å². The molecule has 1 aromatic rings. The van der Waals surface area contributed by atoms with Crippen molar-refractivity contribution in [3.63, 3.8) is 0 Å². The highest BCUT2D eigenvalue weighted by Gasteiger charge is 2.58. The van der Waals surface area contributed by atoms with Gasteiger partial charge in [0.25, 0.3) is 0 Å². The maximum atomic E-state index is 12.3. The van der Waals surface area contributed by atoms with Crippen LogP contribution in [0.5, 0.6) is 11.5 Å². The second-order valence-corrected chi connectivity index (χ2v) is 7.86. The van der Waals surface area contributed by atoms with Crippen molar-refractivity contribution < 1.29 is 69.3 Å². The lowest BCUT2D eigenvalue weighted by Crippen LogP contribution is -2.62. The molecule has 14 heteroatoms. The highest BCUT2D eigenvalue weighted by Crippen LogP contribution is 2.36. The molecule has 2 heterocycles. The van der Waals surface area contributed by atoms with Crippen LogP contribution in [0.2, 0.25) is 0 Å². The van der Waals surface area contributed by atoms with Crippen molar-refractivity contribution in [2.45, 2.75) is 54.8 Å². The molecule has 14 nitrogen and oxygen atoms in total. The monoisotopic (exact) mass is 492 g/mol. The van der Waals surface area contributed by atoms with Crippen molar-refractivity contribution in [3.8, 4) is 11.5 Å². The van der Waals surface area contributed by atoms with Crippen molar-refractivity contribution in [1.29, 1.82) is 0 Å². The Hall–Kier alpha value is -2.11. The van der Waals surface area contributed by atoms with Gasteiger partial charge >= 0.3 is 5.97 Å². The second-order valence-electron chi connectivity index (χ2n) is 7.86. The number of aliphatic hydroxyl groups is 7. The van der Waals surface area contributed by atoms with Gasteiger partial charge in [0.05, 0.1) is 19.3 Å². The molecule has 0 aliphatic carbocycles. The predicted molar refractivity (Wildman–Crippen MR) is 106 cm³/mol. The molecule has 9 atom stereocenters. The summed E-state index contributed by atoms with van der Waals surface area (Å²) in [7, 11) is 1.29. The van der Waals surface area contributed by atoms with Crippen molar-refractivity contribution in [2.24, 2.45) is 0 Å². The maximum absolute atomic E-state index is 12.3. The lowest BCUT2D eigenvalue weighted by atomic mass is 9.99. The predicted octanol–water partition coefficient (Wildman–Crippen LogP) is -3.82. The Balaban J connectivity index is 1.70. The Kier molecular flexibility index (Phi) is 8.30. The van der Waals surface area contributed by atoms with Gasteiger partial charge in [-0.05, 0) is 18.2 Å². The standard InChI is InChI=1S/C20H28O14/c1-30-10-4-8(2-3-9(10)23)18(29)31-6-12-13(24)15(26)16(27)19(32-12)34-20(7-22)17(28)14(25)11(5-21)33-20/h2-4,11-17,19,21-28H,5-7H2,1H3/t11-,12-,13+,14-,15-,16+,17+,19+,20-/m0/s1. The molecule has 2 fully saturated rings. The lowest BCUT2D eigenvalue weighted by Gasteiger charge is -2.43. The molecule has 8 N–H and O–H groups in total. The average Bonchev–Trinajstić information content (AvgIpc) is 3.08. The fourth-order valence-electron chi connectivity index (χ4n) is 3.66. The smallest absolute Gasteiger partial charge is 0.338 e. The number of carbonyl (C=O) groups excluding carboxylic acids is 1. The maximum Gasteiger partial charge on any atom is 0.338 e. The van der Waals surface area contributed by atoms with Crippen LogP contribution >= 0.6 is 0 Å². The van der Waals surface area contributed by atoms with Gasteiger partial charge in [0.15, 0.2) is 17.8 Å². The zero-order valence-electron chi connectivity index (χ0n) is 18.0. The minimum absolute atomic E-state index is 0.000855. The van der Waals surface area contributed by atoms with Crippen LogP contribution in [0.4, 0.5) is 0 Å². The first-order valence-corrected chi connectivity index (χ1v) is 10.3. The van der Waals surface area contributed by atoms with Gasteiger partial charge < -0.3 is 64.5 Å². The number of phenols is 1. The van der Waals surface area contributed by atoms with Crippen molar-refractivity contribution in [2.75, 3.05) is 26.9 Å². The van der Waals surface area contributed by atoms with Gasteiger partial charge in [-0.15, -0.1) is 0 Å². The van der Waals surface area contributed by atoms with E-state index in [4.69, 9.17) is 23.7 Å². The Labute approximate surface area is 193 Å². The summed E-state index contributed by atoms with van der Waals surface area (Å²) in [6.45, 7) is -2.38. The van der Waals surface area contributed by atoms with E-state index in [9.17, 15) is 45.6 Å². The number of benzene rings is 1. The van der Waals surface area contributed by atoms with Crippen LogP contribution < -0.4 is 4.74 Å². The number of ether oxygens (including phenoxy) is 5. The number of phenolic OH excluding ortho intramolecular Hbond substituents is 1. The van der Waals surface area contributed by atoms with E-state index in [1.807, 2.05) is 0 Å². The van der Waals surface area contributed by atoms with Crippen LogP contribution in [0.1, 0.15) is 10.4 Å². The topological polar surface area (TPSA) is 225 Å². The van der Waals surface area contributed by atoms with E-state index in [0.29, 0.717) is 0 Å². The molecular weight excluding hydrogens is 464 g/mol. The van der Waals surface area contributed by atoms with E-state index in [1.165, 1.54) is 25.3 Å². The van der Waals surface area contributed by atoms with E-state index in [1.54, 1.807) is 0 Å². The summed E-state index contributed by atoms with van der Waals surface area (Å²) in [5, 5.41) is 79.6. The molecule has 192 valence electrons. The molecule has 0 amide bonds. The molecule has 1 aromatic carbocycles. The van der Waals surface area contributed by atoms with Crippen molar-refractivity contribution >= 4 is 5.97 Å². The zero-order valence-corrected chi connectivity index (χ0v) is 18.0. The largest absolute Gasteiger partial charge is 0.504 e. The number of methoxy groups -OCH3 is 1. The summed E-state index contributed by atoms with van der Waals surface area (Å²) in [6, 6.07) is 3.68. The van der Waals surface area contributed by atoms with Crippen LogP contribution in [0.3, 0.4) is 0 Å². The Morgan fingerprint density at radius 2 is 1.74 bits per heavy atom. The quantitative estimate of drug-likeness (QED) is 0.163. The van der Waals surface area contributed by atoms with Crippen LogP contribution in [-0.2, 0) is 18.9 Å². The molecule has 2 aliphatic heterocycles. The molecule has 0 saturated carbocycles. The van der Waals surface area contributed by atoms with Gasteiger partial charge in [-0.3, -0.25) is 0 Å². The minimum Gasteiger partial charge on any atom is -0.504 e. The third-order valence-corrected chi connectivity index (χ3v) is 5.68. The normalized spacial score (nSPS) is 38.0. The van der Waals surface area contributed by atoms with Crippen molar-refractivity contribution in [1.82, 2.24) is 0 Å². The molecule has 2 aliphatic rings. The van der Waals surface area contributed by atoms with Gasteiger partial charge in [0, 0.05) is 0 Å². The summed E-state index contributed by atoms with van der Waals surface area (Å²) < 4.78 is 26.0. The first-order chi connectivity index (χ1) is 16.1. The molecular formula is C20H28O14. The number of carbonyl (C=O) groups is 1. The Morgan fingerprint density at radius 1 is 1.03 bits per heavy atom. The highest BCUT2D eigenvalue weighted by molar-refractivity contribution is 5.90. The molecule has 0 bridgehead atoms. The fourth-order valence-corrected chi connectivity index (χ4v) is 3.66. The lowest BCUT2D eigenvalue weighted by molar-refractivity contribution is -0.383. The minimum atomic E-state index is -2.33. The number of aromatic hydroxyl groups is 1. The molecule has 0 spiro atoms. The van der Waals surface area contributed by atoms with Gasteiger partial charge in [-0.25, -0.2) is 4.79 Å². The van der Waals surface area contributed by atoms with Crippen LogP contribution in [0, 0.1) is 0 Å². The van der Waals surface area contributed by atoms with Gasteiger partial charge in [0.1, 0.15) is 55.9 Å². The van der Waals surface area contributed by atoms with Gasteiger partial charge in [-0.2, -0.15) is 0 Å². The average molecular weight is 492 g/mol. The number of esters is 1. The fraction of sp³-hybridized carbons (Fsp3) is 0.650. The third kappa shape index (κ3) is 4.96. The summed E-state index contributed by atoms with van der Waals surface area (Å²) >= 11 is 0. The zero-order chi connectivity index (χ0) is 25.2. The van der Waals surface area contributed by atoms with E-state index in [-0.39, 0.29) is 17.1 Å². The molecule has 34 heavy (non-hydrogen) atoms. The number of hydrogen-bond donors (Lipinski definition) is 8. The highest BCUT2D eigenvalue weighted by atomic mass is 16.8. The van der Waals surface area contributed by atoms with Crippen LogP contribution in [0.25, 0.3) is 0 Å². The van der Waals surface area contributed by atoms with E-state index in [0.717, 1.165) is 0 Å². The molecule has 2 saturated heterocycles. The Morgan fingerprint density at radius 3 is 2.32 bits per heavy atom. The summed E-state index contributed by atoms with van der Waals surface area (Å²) in [6.07, 6.45) is -13.6. The van der Waals surface area contributed by atoms with Gasteiger partial charge in [0.2, 0.25) is 5.79 Å². The molecule has 3 rings (SSSR count). The SMILES string of the molecule is COc1cc(C(=O)OC[C@@H]2O[C@H](O[C@]3(CO)O[C@@H](CO)[C@H](O)[C@H]3O)[C@H](O)[C@@H](O)[C@@H]2O)ccc1O. The summed E-state index contributed by atoms with van der Waals surface area (Å²) in [5.41, 5.74) is -0.000855. The number of hydrogen-bond acceptors (Lipinski definition) is 14. The van der Waals surface area contributed by atoms with Crippen LogP contribution in [0.15, 0.2) is 18.2 Å². The summed E-state index contributed by atoms with van der Waals surface area (Å²) in [5.74, 6) is -3.40. The molecule has 0 radical (unpaired) electrons. The van der Waals surface area contributed by atoms with E-state index < -0.39 is 80.6 Å². The molecule has 0 aromatic heterocycles. The first-order valence-electron chi connectivity index (χ1n) is 10.3. The second kappa shape index (κ2) is 10.7. The number of rotatable bonds is 8. The third-order valence-electron chi connectivity index (χ3n) is 5.68. The van der Waals surface area contributed by atoms with E-state index >= 15 is 0 Å². The Bertz CT molecular complexity index is 851. The van der Waals surface area contributed by atoms with Crippen LogP contribution in [-0.4, -0.2) is 129 Å². The molecule has 0 unspecified atom stereocenters. The summed E-state index contributed by atoms with van der Waals surface area (Å²) in [4.78, 5) is 12.3. The first kappa shape index (κ1) is 26.5. The van der Waals surface area contributed by atoms with Gasteiger partial charge in [-0.1, -0.05) is 0 Å².